The first kappa shape index (κ1) is 26.3. The van der Waals surface area contributed by atoms with Gasteiger partial charge in [0.25, 0.3) is 5.56 Å². The maximum absolute atomic E-state index is 14.9. The Hall–Kier alpha value is -4.32. The fourth-order valence-electron chi connectivity index (χ4n) is 4.91. The first-order valence-electron chi connectivity index (χ1n) is 12.4. The number of fused-ring (bicyclic) bond motifs is 5. The number of nitrogens with two attached hydrogens (primary N) is 1. The Labute approximate surface area is 222 Å². The minimum Gasteiger partial charge on any atom is -0.457 e. The number of esters is 2. The van der Waals surface area contributed by atoms with Crippen LogP contribution in [0, 0.1) is 5.82 Å². The number of aromatic nitrogens is 2. The number of benzene rings is 1. The monoisotopic (exact) mass is 538 g/mol. The van der Waals surface area contributed by atoms with Crippen molar-refractivity contribution < 1.29 is 33.0 Å². The van der Waals surface area contributed by atoms with E-state index in [1.165, 1.54) is 16.7 Å². The van der Waals surface area contributed by atoms with Crippen LogP contribution in [0.25, 0.3) is 22.3 Å². The van der Waals surface area contributed by atoms with Gasteiger partial charge >= 0.3 is 18.0 Å². The third kappa shape index (κ3) is 4.40. The lowest BCUT2D eigenvalue weighted by atomic mass is 9.85. The molecule has 2 aliphatic rings. The van der Waals surface area contributed by atoms with Crippen LogP contribution >= 0.6 is 0 Å². The van der Waals surface area contributed by atoms with Gasteiger partial charge < -0.3 is 24.5 Å². The molecule has 0 fully saturated rings. The quantitative estimate of drug-likeness (QED) is 0.295. The first-order chi connectivity index (χ1) is 18.4. The molecule has 1 atom stereocenters. The average Bonchev–Trinajstić information content (AvgIpc) is 3.21. The Kier molecular flexibility index (Phi) is 6.17. The van der Waals surface area contributed by atoms with Gasteiger partial charge in [0.15, 0.2) is 0 Å². The predicted molar refractivity (Wildman–Crippen MR) is 137 cm³/mol. The fraction of sp³-hybridized carbons (Fsp3) is 0.370. The van der Waals surface area contributed by atoms with Crippen molar-refractivity contribution in [1.29, 1.82) is 0 Å². The van der Waals surface area contributed by atoms with Gasteiger partial charge in [-0.3, -0.25) is 14.9 Å². The van der Waals surface area contributed by atoms with E-state index >= 15 is 0 Å². The minimum atomic E-state index is -1.83. The number of carbonyl (C=O) groups excluding carboxylic acids is 3. The third-order valence-corrected chi connectivity index (χ3v) is 6.65. The van der Waals surface area contributed by atoms with Gasteiger partial charge in [0.05, 0.1) is 41.2 Å². The SMILES string of the molecule is CC[C@@]1(OC(=O)CN)C(=O)OCc2c1cc1n(c2=O)Cc2cc3cc(NC(=O)OC(C)(C)C)c(F)cc3nc2-1. The molecule has 39 heavy (non-hydrogen) atoms. The number of nitrogens with one attached hydrogen (secondary N) is 1. The molecule has 3 aromatic rings. The number of hydrogen-bond donors (Lipinski definition) is 2. The van der Waals surface area contributed by atoms with E-state index in [0.29, 0.717) is 22.3 Å². The highest BCUT2D eigenvalue weighted by molar-refractivity contribution is 5.92. The Balaban J connectivity index is 1.61. The molecule has 0 spiro atoms. The number of ether oxygens (including phenoxy) is 3. The van der Waals surface area contributed by atoms with E-state index in [1.807, 2.05) is 0 Å². The van der Waals surface area contributed by atoms with Gasteiger partial charge in [-0.05, 0) is 45.4 Å². The van der Waals surface area contributed by atoms with Crippen molar-refractivity contribution in [2.75, 3.05) is 11.9 Å². The highest BCUT2D eigenvalue weighted by atomic mass is 19.1. The number of carbonyl (C=O) groups is 3. The smallest absolute Gasteiger partial charge is 0.412 e. The number of halogens is 1. The van der Waals surface area contributed by atoms with Gasteiger partial charge in [0.2, 0.25) is 5.60 Å². The molecule has 0 unspecified atom stereocenters. The molecule has 1 aromatic carbocycles. The summed E-state index contributed by atoms with van der Waals surface area (Å²) in [5.74, 6) is -2.33. The number of nitrogens with zero attached hydrogens (tertiary/aromatic N) is 2. The van der Waals surface area contributed by atoms with Crippen LogP contribution in [0.1, 0.15) is 50.8 Å². The fourth-order valence-corrected chi connectivity index (χ4v) is 4.91. The van der Waals surface area contributed by atoms with Crippen LogP contribution in [0.3, 0.4) is 0 Å². The van der Waals surface area contributed by atoms with Gasteiger partial charge in [-0.1, -0.05) is 6.92 Å². The normalized spacial score (nSPS) is 17.6. The molecule has 0 saturated carbocycles. The summed E-state index contributed by atoms with van der Waals surface area (Å²) in [5, 5.41) is 2.95. The molecule has 2 aromatic heterocycles. The maximum Gasteiger partial charge on any atom is 0.412 e. The molecule has 0 saturated heterocycles. The number of anilines is 1. The van der Waals surface area contributed by atoms with Crippen molar-refractivity contribution >= 4 is 34.6 Å². The number of rotatable bonds is 4. The Morgan fingerprint density at radius 2 is 1.97 bits per heavy atom. The highest BCUT2D eigenvalue weighted by Crippen LogP contribution is 2.41. The summed E-state index contributed by atoms with van der Waals surface area (Å²) < 4.78 is 32.3. The van der Waals surface area contributed by atoms with E-state index in [2.05, 4.69) is 10.3 Å². The van der Waals surface area contributed by atoms with E-state index in [0.717, 1.165) is 0 Å². The summed E-state index contributed by atoms with van der Waals surface area (Å²) in [6.07, 6.45) is -0.782. The van der Waals surface area contributed by atoms with E-state index in [1.54, 1.807) is 39.8 Å². The second kappa shape index (κ2) is 9.16. The lowest BCUT2D eigenvalue weighted by Crippen LogP contribution is -2.48. The summed E-state index contributed by atoms with van der Waals surface area (Å²) in [7, 11) is 0. The van der Waals surface area contributed by atoms with Crippen LogP contribution in [-0.2, 0) is 42.6 Å². The van der Waals surface area contributed by atoms with Gasteiger partial charge in [-0.2, -0.15) is 0 Å². The zero-order valence-corrected chi connectivity index (χ0v) is 21.8. The largest absolute Gasteiger partial charge is 0.457 e. The summed E-state index contributed by atoms with van der Waals surface area (Å²) in [5.41, 5.74) is 4.52. The zero-order chi connectivity index (χ0) is 28.3. The molecule has 0 radical (unpaired) electrons. The van der Waals surface area contributed by atoms with Gasteiger partial charge in [-0.15, -0.1) is 0 Å². The molecule has 12 heteroatoms. The molecule has 5 rings (SSSR count). The van der Waals surface area contributed by atoms with Crippen molar-refractivity contribution in [2.45, 2.75) is 58.5 Å². The molecular formula is C27H27FN4O7. The third-order valence-electron chi connectivity index (χ3n) is 6.65. The van der Waals surface area contributed by atoms with Crippen LogP contribution in [0.15, 0.2) is 29.1 Å². The molecule has 3 N–H and O–H groups in total. The minimum absolute atomic E-state index is 0.0180. The maximum atomic E-state index is 14.9. The Bertz CT molecular complexity index is 1630. The summed E-state index contributed by atoms with van der Waals surface area (Å²) in [6.45, 7) is 6.17. The van der Waals surface area contributed by atoms with E-state index in [9.17, 15) is 23.6 Å². The van der Waals surface area contributed by atoms with E-state index in [4.69, 9.17) is 19.9 Å². The van der Waals surface area contributed by atoms with Gasteiger partial charge in [0, 0.05) is 22.6 Å². The molecule has 2 aliphatic heterocycles. The second-order valence-electron chi connectivity index (χ2n) is 10.4. The number of hydrogen-bond acceptors (Lipinski definition) is 9. The molecule has 11 nitrogen and oxygen atoms in total. The average molecular weight is 539 g/mol. The number of cyclic esters (lactones) is 1. The van der Waals surface area contributed by atoms with Crippen molar-refractivity contribution in [1.82, 2.24) is 9.55 Å². The lowest BCUT2D eigenvalue weighted by Gasteiger charge is -2.35. The van der Waals surface area contributed by atoms with Crippen molar-refractivity contribution in [3.63, 3.8) is 0 Å². The van der Waals surface area contributed by atoms with Gasteiger partial charge in [0.1, 0.15) is 18.0 Å². The summed E-state index contributed by atoms with van der Waals surface area (Å²) >= 11 is 0. The Morgan fingerprint density at radius 3 is 2.64 bits per heavy atom. The van der Waals surface area contributed by atoms with Crippen LogP contribution in [0.5, 0.6) is 0 Å². The second-order valence-corrected chi connectivity index (χ2v) is 10.4. The first-order valence-corrected chi connectivity index (χ1v) is 12.4. The standard InChI is InChI=1S/C27H27FN4O7/c1-5-27(38-21(33)10-29)16-8-20-22-14(11-32(20)23(34)15(16)12-37-24(27)35)6-13-7-19(17(28)9-18(13)30-22)31-25(36)39-26(2,3)4/h6-9H,5,10-12,29H2,1-4H3,(H,31,36)/t27-/m0/s1. The molecule has 204 valence electrons. The molecule has 0 aliphatic carbocycles. The highest BCUT2D eigenvalue weighted by Gasteiger charge is 2.50. The molecule has 4 heterocycles. The lowest BCUT2D eigenvalue weighted by molar-refractivity contribution is -0.188. The summed E-state index contributed by atoms with van der Waals surface area (Å²) in [6, 6.07) is 5.98. The van der Waals surface area contributed by atoms with Crippen molar-refractivity contribution in [3.8, 4) is 11.4 Å². The predicted octanol–water partition coefficient (Wildman–Crippen LogP) is 3.08. The van der Waals surface area contributed by atoms with Crippen LogP contribution in [0.2, 0.25) is 0 Å². The summed E-state index contributed by atoms with van der Waals surface area (Å²) in [4.78, 5) is 55.3. The topological polar surface area (TPSA) is 152 Å². The number of pyridine rings is 2. The zero-order valence-electron chi connectivity index (χ0n) is 21.8. The van der Waals surface area contributed by atoms with Crippen LogP contribution in [-0.4, -0.2) is 39.7 Å². The molecule has 1 amide bonds. The molecule has 0 bridgehead atoms. The van der Waals surface area contributed by atoms with Crippen LogP contribution in [0.4, 0.5) is 14.9 Å². The van der Waals surface area contributed by atoms with Crippen molar-refractivity contribution in [2.24, 2.45) is 5.73 Å². The van der Waals surface area contributed by atoms with E-state index in [-0.39, 0.29) is 41.9 Å². The van der Waals surface area contributed by atoms with E-state index < -0.39 is 47.2 Å². The Morgan fingerprint density at radius 1 is 1.23 bits per heavy atom. The van der Waals surface area contributed by atoms with Crippen molar-refractivity contribution in [3.05, 3.63) is 57.1 Å². The van der Waals surface area contributed by atoms with Crippen LogP contribution < -0.4 is 16.6 Å². The molecular weight excluding hydrogens is 511 g/mol. The number of amides is 1. The van der Waals surface area contributed by atoms with Gasteiger partial charge in [-0.25, -0.2) is 19.0 Å².